The van der Waals surface area contributed by atoms with Gasteiger partial charge in [-0.3, -0.25) is 9.48 Å². The van der Waals surface area contributed by atoms with E-state index in [1.54, 1.807) is 0 Å². The highest BCUT2D eigenvalue weighted by Crippen LogP contribution is 2.22. The van der Waals surface area contributed by atoms with E-state index in [0.29, 0.717) is 6.54 Å². The lowest BCUT2D eigenvalue weighted by Gasteiger charge is -2.25. The molecule has 1 amide bonds. The topological polar surface area (TPSA) is 72.9 Å². The quantitative estimate of drug-likeness (QED) is 0.875. The van der Waals surface area contributed by atoms with E-state index in [1.165, 1.54) is 0 Å². The van der Waals surface area contributed by atoms with Crippen LogP contribution in [0.5, 0.6) is 0 Å². The maximum atomic E-state index is 11.9. The molecule has 1 fully saturated rings. The molecule has 0 spiro atoms. The van der Waals surface area contributed by atoms with Crippen molar-refractivity contribution in [3.8, 4) is 0 Å². The Labute approximate surface area is 120 Å². The molecule has 1 heterocycles. The Hall–Kier alpha value is -1.07. The Morgan fingerprint density at radius 3 is 3.00 bits per heavy atom. The Kier molecular flexibility index (Phi) is 6.31. The van der Waals surface area contributed by atoms with E-state index >= 15 is 0 Å². The van der Waals surface area contributed by atoms with Crippen LogP contribution in [0.1, 0.15) is 31.2 Å². The third-order valence-corrected chi connectivity index (χ3v) is 3.49. The summed E-state index contributed by atoms with van der Waals surface area (Å²) in [5.41, 5.74) is 7.03. The van der Waals surface area contributed by atoms with E-state index in [4.69, 9.17) is 5.73 Å². The van der Waals surface area contributed by atoms with Gasteiger partial charge in [-0.1, -0.05) is 6.42 Å². The molecule has 0 bridgehead atoms. The third-order valence-electron chi connectivity index (χ3n) is 3.49. The van der Waals surface area contributed by atoms with Crippen LogP contribution in [-0.4, -0.2) is 28.3 Å². The zero-order valence-electron chi connectivity index (χ0n) is 11.3. The van der Waals surface area contributed by atoms with Crippen LogP contribution in [0.25, 0.3) is 0 Å². The summed E-state index contributed by atoms with van der Waals surface area (Å²) in [4.78, 5) is 11.9. The molecule has 0 aromatic carbocycles. The van der Waals surface area contributed by atoms with Gasteiger partial charge >= 0.3 is 0 Å². The average molecular weight is 287 g/mol. The molecule has 0 aliphatic heterocycles. The fourth-order valence-corrected chi connectivity index (χ4v) is 2.49. The standard InChI is InChI=1S/C13H22N4O.ClH/c1-10-8-16-17(9-10)6-5-15-13(18)11-3-2-4-12(14)7-11;/h8-9,11-12H,2-7,14H2,1H3,(H,15,18);1H. The lowest BCUT2D eigenvalue weighted by atomic mass is 9.85. The van der Waals surface area contributed by atoms with Gasteiger partial charge < -0.3 is 11.1 Å². The number of nitrogens with one attached hydrogen (secondary N) is 1. The minimum atomic E-state index is 0. The van der Waals surface area contributed by atoms with Gasteiger partial charge in [0.25, 0.3) is 0 Å². The highest BCUT2D eigenvalue weighted by Gasteiger charge is 2.24. The second-order valence-electron chi connectivity index (χ2n) is 5.20. The van der Waals surface area contributed by atoms with Gasteiger partial charge in [0.2, 0.25) is 5.91 Å². The lowest BCUT2D eigenvalue weighted by Crippen LogP contribution is -2.38. The number of carbonyl (C=O) groups excluding carboxylic acids is 1. The molecule has 1 saturated carbocycles. The van der Waals surface area contributed by atoms with Gasteiger partial charge in [-0.15, -0.1) is 12.4 Å². The van der Waals surface area contributed by atoms with Crippen molar-refractivity contribution in [3.63, 3.8) is 0 Å². The molecule has 2 rings (SSSR count). The van der Waals surface area contributed by atoms with Crippen LogP contribution in [0, 0.1) is 12.8 Å². The predicted molar refractivity (Wildman–Crippen MR) is 77.2 cm³/mol. The van der Waals surface area contributed by atoms with E-state index in [-0.39, 0.29) is 30.3 Å². The maximum Gasteiger partial charge on any atom is 0.223 e. The molecule has 108 valence electrons. The van der Waals surface area contributed by atoms with Crippen molar-refractivity contribution in [1.82, 2.24) is 15.1 Å². The normalized spacial score (nSPS) is 22.6. The Bertz CT molecular complexity index is 407. The van der Waals surface area contributed by atoms with Crippen LogP contribution < -0.4 is 11.1 Å². The molecule has 1 aliphatic rings. The van der Waals surface area contributed by atoms with E-state index in [9.17, 15) is 4.79 Å². The van der Waals surface area contributed by atoms with E-state index < -0.39 is 0 Å². The first-order chi connectivity index (χ1) is 8.65. The fraction of sp³-hybridized carbons (Fsp3) is 0.692. The highest BCUT2D eigenvalue weighted by atomic mass is 35.5. The van der Waals surface area contributed by atoms with Crippen LogP contribution in [0.15, 0.2) is 12.4 Å². The number of hydrogen-bond donors (Lipinski definition) is 2. The van der Waals surface area contributed by atoms with Crippen LogP contribution in [0.3, 0.4) is 0 Å². The summed E-state index contributed by atoms with van der Waals surface area (Å²) in [7, 11) is 0. The predicted octanol–water partition coefficient (Wildman–Crippen LogP) is 1.25. The molecule has 2 atom stereocenters. The smallest absolute Gasteiger partial charge is 0.223 e. The lowest BCUT2D eigenvalue weighted by molar-refractivity contribution is -0.126. The molecule has 0 saturated heterocycles. The van der Waals surface area contributed by atoms with Gasteiger partial charge in [-0.2, -0.15) is 5.10 Å². The molecule has 1 aromatic rings. The van der Waals surface area contributed by atoms with Crippen molar-refractivity contribution < 1.29 is 4.79 Å². The number of halogens is 1. The van der Waals surface area contributed by atoms with E-state index in [1.807, 2.05) is 24.0 Å². The zero-order chi connectivity index (χ0) is 13.0. The summed E-state index contributed by atoms with van der Waals surface area (Å²) in [5.74, 6) is 0.252. The number of nitrogens with zero attached hydrogens (tertiary/aromatic N) is 2. The Morgan fingerprint density at radius 2 is 2.37 bits per heavy atom. The number of nitrogens with two attached hydrogens (primary N) is 1. The van der Waals surface area contributed by atoms with Gasteiger partial charge in [-0.05, 0) is 31.7 Å². The van der Waals surface area contributed by atoms with Crippen LogP contribution in [0.4, 0.5) is 0 Å². The summed E-state index contributed by atoms with van der Waals surface area (Å²) >= 11 is 0. The summed E-state index contributed by atoms with van der Waals surface area (Å²) in [5, 5.41) is 7.16. The van der Waals surface area contributed by atoms with E-state index in [0.717, 1.165) is 37.8 Å². The van der Waals surface area contributed by atoms with Crippen molar-refractivity contribution in [2.75, 3.05) is 6.54 Å². The maximum absolute atomic E-state index is 11.9. The molecular formula is C13H23ClN4O. The summed E-state index contributed by atoms with van der Waals surface area (Å²) in [6.45, 7) is 3.36. The molecule has 0 radical (unpaired) electrons. The summed E-state index contributed by atoms with van der Waals surface area (Å²) in [6, 6.07) is 0.197. The van der Waals surface area contributed by atoms with Gasteiger partial charge in [-0.25, -0.2) is 0 Å². The third kappa shape index (κ3) is 4.84. The van der Waals surface area contributed by atoms with Crippen molar-refractivity contribution >= 4 is 18.3 Å². The molecule has 19 heavy (non-hydrogen) atoms. The fourth-order valence-electron chi connectivity index (χ4n) is 2.49. The average Bonchev–Trinajstić information content (AvgIpc) is 2.75. The van der Waals surface area contributed by atoms with Crippen LogP contribution >= 0.6 is 12.4 Å². The van der Waals surface area contributed by atoms with Crippen molar-refractivity contribution in [3.05, 3.63) is 18.0 Å². The van der Waals surface area contributed by atoms with Gasteiger partial charge in [0.1, 0.15) is 0 Å². The number of carbonyl (C=O) groups is 1. The van der Waals surface area contributed by atoms with E-state index in [2.05, 4.69) is 10.4 Å². The summed E-state index contributed by atoms with van der Waals surface area (Å²) in [6.07, 6.45) is 7.71. The first-order valence-electron chi connectivity index (χ1n) is 6.67. The molecule has 1 aromatic heterocycles. The van der Waals surface area contributed by atoms with Crippen molar-refractivity contribution in [2.24, 2.45) is 11.7 Å². The van der Waals surface area contributed by atoms with Crippen LogP contribution in [0.2, 0.25) is 0 Å². The van der Waals surface area contributed by atoms with Crippen LogP contribution in [-0.2, 0) is 11.3 Å². The highest BCUT2D eigenvalue weighted by molar-refractivity contribution is 5.85. The first kappa shape index (κ1) is 16.0. The largest absolute Gasteiger partial charge is 0.354 e. The number of aromatic nitrogens is 2. The van der Waals surface area contributed by atoms with Gasteiger partial charge in [0.15, 0.2) is 0 Å². The minimum Gasteiger partial charge on any atom is -0.354 e. The van der Waals surface area contributed by atoms with Gasteiger partial charge in [0.05, 0.1) is 12.7 Å². The molecule has 5 nitrogen and oxygen atoms in total. The molecule has 3 N–H and O–H groups in total. The Morgan fingerprint density at radius 1 is 1.58 bits per heavy atom. The zero-order valence-corrected chi connectivity index (χ0v) is 12.2. The second kappa shape index (κ2) is 7.50. The molecule has 1 aliphatic carbocycles. The molecule has 2 unspecified atom stereocenters. The molecular weight excluding hydrogens is 264 g/mol. The SMILES string of the molecule is Cc1cnn(CCNC(=O)C2CCCC(N)C2)c1.Cl. The monoisotopic (exact) mass is 286 g/mol. The second-order valence-corrected chi connectivity index (χ2v) is 5.20. The van der Waals surface area contributed by atoms with Gasteiger partial charge in [0, 0.05) is 24.7 Å². The number of hydrogen-bond acceptors (Lipinski definition) is 3. The van der Waals surface area contributed by atoms with Crippen molar-refractivity contribution in [2.45, 2.75) is 45.2 Å². The number of amides is 1. The molecule has 6 heteroatoms. The Balaban J connectivity index is 0.00000180. The minimum absolute atomic E-state index is 0. The number of rotatable bonds is 4. The first-order valence-corrected chi connectivity index (χ1v) is 6.67. The van der Waals surface area contributed by atoms with Crippen molar-refractivity contribution in [1.29, 1.82) is 0 Å². The number of aryl methyl sites for hydroxylation is 1. The summed E-state index contributed by atoms with van der Waals surface area (Å²) < 4.78 is 1.85.